The Balaban J connectivity index is 2.62. The highest BCUT2D eigenvalue weighted by Crippen LogP contribution is 2.45. The summed E-state index contributed by atoms with van der Waals surface area (Å²) in [5, 5.41) is 9.78. The van der Waals surface area contributed by atoms with E-state index in [2.05, 4.69) is 0 Å². The van der Waals surface area contributed by atoms with Gasteiger partial charge in [0.15, 0.2) is 12.3 Å². The first kappa shape index (κ1) is 22.8. The number of nitrogens with zero attached hydrogens (tertiary/aromatic N) is 1. The van der Waals surface area contributed by atoms with Gasteiger partial charge in [-0.1, -0.05) is 19.9 Å². The summed E-state index contributed by atoms with van der Waals surface area (Å²) >= 11 is 0. The molecule has 2 unspecified atom stereocenters. The molecule has 0 radical (unpaired) electrons. The van der Waals surface area contributed by atoms with Crippen molar-refractivity contribution in [2.75, 3.05) is 14.2 Å². The van der Waals surface area contributed by atoms with Crippen LogP contribution in [0.5, 0.6) is 11.5 Å². The standard InChI is InChI=1S/C21H31NO7/c1-12(2)11-13-17(19(23)24)28-18(22(13)20(25)29-21(3,4)5)16-14(26-6)9-8-10-15(16)27-7/h8-10,12-13,17-18H,11H2,1-7H3,(H,23,24)/t13-,17?,18?/m0/s1. The average molecular weight is 409 g/mol. The molecule has 2 rings (SSSR count). The Morgan fingerprint density at radius 3 is 2.14 bits per heavy atom. The van der Waals surface area contributed by atoms with Gasteiger partial charge in [0.2, 0.25) is 0 Å². The molecule has 1 aliphatic rings. The molecule has 1 N–H and O–H groups in total. The van der Waals surface area contributed by atoms with E-state index in [9.17, 15) is 14.7 Å². The molecule has 0 aliphatic carbocycles. The minimum atomic E-state index is -1.20. The van der Waals surface area contributed by atoms with Crippen molar-refractivity contribution >= 4 is 12.1 Å². The zero-order chi connectivity index (χ0) is 21.9. The van der Waals surface area contributed by atoms with Crippen LogP contribution in [0.1, 0.15) is 52.8 Å². The van der Waals surface area contributed by atoms with Crippen molar-refractivity contribution in [3.8, 4) is 11.5 Å². The van der Waals surface area contributed by atoms with E-state index in [-0.39, 0.29) is 5.92 Å². The molecular formula is C21H31NO7. The molecule has 162 valence electrons. The average Bonchev–Trinajstić information content (AvgIpc) is 2.97. The largest absolute Gasteiger partial charge is 0.496 e. The number of hydrogen-bond acceptors (Lipinski definition) is 6. The van der Waals surface area contributed by atoms with Crippen LogP contribution in [0.25, 0.3) is 0 Å². The van der Waals surface area contributed by atoms with Crippen molar-refractivity contribution in [2.24, 2.45) is 5.92 Å². The summed E-state index contributed by atoms with van der Waals surface area (Å²) in [5.74, 6) is -0.149. The quantitative estimate of drug-likeness (QED) is 0.763. The van der Waals surface area contributed by atoms with Crippen molar-refractivity contribution in [1.29, 1.82) is 0 Å². The van der Waals surface area contributed by atoms with Crippen LogP contribution in [0.3, 0.4) is 0 Å². The molecule has 1 saturated heterocycles. The van der Waals surface area contributed by atoms with E-state index < -0.39 is 36.0 Å². The van der Waals surface area contributed by atoms with Crippen LogP contribution in [-0.4, -0.2) is 54.0 Å². The minimum Gasteiger partial charge on any atom is -0.496 e. The van der Waals surface area contributed by atoms with E-state index in [4.69, 9.17) is 18.9 Å². The van der Waals surface area contributed by atoms with Gasteiger partial charge in [-0.05, 0) is 45.2 Å². The molecule has 8 heteroatoms. The summed E-state index contributed by atoms with van der Waals surface area (Å²) in [6, 6.07) is 4.45. The number of benzene rings is 1. The van der Waals surface area contributed by atoms with Gasteiger partial charge in [-0.25, -0.2) is 9.59 Å². The molecule has 29 heavy (non-hydrogen) atoms. The molecule has 1 aromatic rings. The third kappa shape index (κ3) is 5.12. The van der Waals surface area contributed by atoms with Gasteiger partial charge in [0.05, 0.1) is 25.8 Å². The van der Waals surface area contributed by atoms with Crippen LogP contribution < -0.4 is 9.47 Å². The number of hydrogen-bond donors (Lipinski definition) is 1. The van der Waals surface area contributed by atoms with Gasteiger partial charge in [-0.3, -0.25) is 4.90 Å². The molecule has 0 spiro atoms. The molecule has 8 nitrogen and oxygen atoms in total. The predicted octanol–water partition coefficient (Wildman–Crippen LogP) is 3.84. The first-order valence-corrected chi connectivity index (χ1v) is 9.60. The maximum atomic E-state index is 13.2. The lowest BCUT2D eigenvalue weighted by Crippen LogP contribution is -2.45. The number of carbonyl (C=O) groups excluding carboxylic acids is 1. The van der Waals surface area contributed by atoms with E-state index in [0.717, 1.165) is 0 Å². The van der Waals surface area contributed by atoms with Crippen LogP contribution in [0, 0.1) is 5.92 Å². The maximum Gasteiger partial charge on any atom is 0.413 e. The van der Waals surface area contributed by atoms with Crippen LogP contribution in [0.15, 0.2) is 18.2 Å². The SMILES string of the molecule is COc1cccc(OC)c1C1OC(C(=O)O)[C@H](CC(C)C)N1C(=O)OC(C)(C)C. The Hall–Kier alpha value is -2.48. The Morgan fingerprint density at radius 1 is 1.17 bits per heavy atom. The lowest BCUT2D eigenvalue weighted by molar-refractivity contribution is -0.150. The monoisotopic (exact) mass is 409 g/mol. The summed E-state index contributed by atoms with van der Waals surface area (Å²) in [6.07, 6.45) is -2.44. The van der Waals surface area contributed by atoms with E-state index in [1.807, 2.05) is 13.8 Å². The van der Waals surface area contributed by atoms with Crippen molar-refractivity contribution < 1.29 is 33.6 Å². The third-order valence-corrected chi connectivity index (χ3v) is 4.51. The first-order valence-electron chi connectivity index (χ1n) is 9.60. The lowest BCUT2D eigenvalue weighted by Gasteiger charge is -2.32. The summed E-state index contributed by atoms with van der Waals surface area (Å²) in [4.78, 5) is 26.5. The zero-order valence-electron chi connectivity index (χ0n) is 18.1. The van der Waals surface area contributed by atoms with Crippen LogP contribution in [0.4, 0.5) is 4.79 Å². The smallest absolute Gasteiger partial charge is 0.413 e. The molecule has 1 amide bonds. The van der Waals surface area contributed by atoms with E-state index in [1.165, 1.54) is 19.1 Å². The predicted molar refractivity (Wildman–Crippen MR) is 106 cm³/mol. The van der Waals surface area contributed by atoms with Gasteiger partial charge in [-0.2, -0.15) is 0 Å². The maximum absolute atomic E-state index is 13.2. The molecule has 0 bridgehead atoms. The van der Waals surface area contributed by atoms with Gasteiger partial charge < -0.3 is 24.1 Å². The van der Waals surface area contributed by atoms with Gasteiger partial charge in [-0.15, -0.1) is 0 Å². The minimum absolute atomic E-state index is 0.133. The summed E-state index contributed by atoms with van der Waals surface area (Å²) in [5.41, 5.74) is -0.309. The number of carboxylic acid groups (broad SMARTS) is 1. The molecule has 1 aromatic carbocycles. The number of amides is 1. The Labute approximate surface area is 171 Å². The van der Waals surface area contributed by atoms with E-state index in [0.29, 0.717) is 23.5 Å². The van der Waals surface area contributed by atoms with Crippen LogP contribution in [0.2, 0.25) is 0 Å². The number of ether oxygens (including phenoxy) is 4. The van der Waals surface area contributed by atoms with E-state index >= 15 is 0 Å². The fourth-order valence-corrected chi connectivity index (χ4v) is 3.43. The Bertz CT molecular complexity index is 719. The summed E-state index contributed by atoms with van der Waals surface area (Å²) in [7, 11) is 2.98. The Morgan fingerprint density at radius 2 is 1.72 bits per heavy atom. The third-order valence-electron chi connectivity index (χ3n) is 4.51. The highest BCUT2D eigenvalue weighted by molar-refractivity contribution is 5.77. The molecule has 3 atom stereocenters. The number of carboxylic acids is 1. The van der Waals surface area contributed by atoms with Gasteiger partial charge in [0, 0.05) is 0 Å². The van der Waals surface area contributed by atoms with Crippen LogP contribution in [-0.2, 0) is 14.3 Å². The topological polar surface area (TPSA) is 94.5 Å². The molecule has 1 aliphatic heterocycles. The van der Waals surface area contributed by atoms with Crippen LogP contribution >= 0.6 is 0 Å². The lowest BCUT2D eigenvalue weighted by atomic mass is 9.98. The second-order valence-electron chi connectivity index (χ2n) is 8.41. The van der Waals surface area contributed by atoms with Crippen molar-refractivity contribution in [2.45, 2.75) is 65.0 Å². The first-order chi connectivity index (χ1) is 13.5. The summed E-state index contributed by atoms with van der Waals surface area (Å²) in [6.45, 7) is 9.19. The van der Waals surface area contributed by atoms with Gasteiger partial charge in [0.1, 0.15) is 17.1 Å². The fraction of sp³-hybridized carbons (Fsp3) is 0.619. The van der Waals surface area contributed by atoms with Crippen molar-refractivity contribution in [1.82, 2.24) is 4.90 Å². The number of carbonyl (C=O) groups is 2. The van der Waals surface area contributed by atoms with Gasteiger partial charge in [0.25, 0.3) is 0 Å². The highest BCUT2D eigenvalue weighted by atomic mass is 16.6. The zero-order valence-corrected chi connectivity index (χ0v) is 18.1. The number of rotatable bonds is 6. The second-order valence-corrected chi connectivity index (χ2v) is 8.41. The highest BCUT2D eigenvalue weighted by Gasteiger charge is 2.51. The number of methoxy groups -OCH3 is 2. The normalized spacial score (nSPS) is 21.9. The molecule has 0 aromatic heterocycles. The fourth-order valence-electron chi connectivity index (χ4n) is 3.43. The molecule has 0 saturated carbocycles. The van der Waals surface area contributed by atoms with E-state index in [1.54, 1.807) is 39.0 Å². The molecule has 1 fully saturated rings. The molecule has 1 heterocycles. The number of aliphatic carboxylic acids is 1. The Kier molecular flexibility index (Phi) is 7.00. The summed E-state index contributed by atoms with van der Waals surface area (Å²) < 4.78 is 22.4. The molecular weight excluding hydrogens is 378 g/mol. The second kappa shape index (κ2) is 8.90. The van der Waals surface area contributed by atoms with Crippen molar-refractivity contribution in [3.63, 3.8) is 0 Å². The van der Waals surface area contributed by atoms with Crippen molar-refractivity contribution in [3.05, 3.63) is 23.8 Å². The van der Waals surface area contributed by atoms with Gasteiger partial charge >= 0.3 is 12.1 Å².